The molecule has 1 unspecified atom stereocenters. The zero-order valence-electron chi connectivity index (χ0n) is 7.48. The lowest BCUT2D eigenvalue weighted by Gasteiger charge is -2.28. The molecule has 1 atom stereocenters. The minimum absolute atomic E-state index is 0. The van der Waals surface area contributed by atoms with Crippen LogP contribution in [-0.4, -0.2) is 31.3 Å². The van der Waals surface area contributed by atoms with E-state index in [4.69, 9.17) is 0 Å². The third kappa shape index (κ3) is 1.95. The molecule has 1 fully saturated rings. The predicted molar refractivity (Wildman–Crippen MR) is 45.3 cm³/mol. The van der Waals surface area contributed by atoms with Gasteiger partial charge in [-0.3, -0.25) is 5.32 Å². The average molecular weight is 234 g/mol. The molecule has 1 saturated heterocycles. The Balaban J connectivity index is 0.00000169. The Kier molecular flexibility index (Phi) is 4.20. The molecular formula is C7H11ClF3NO2. The maximum Gasteiger partial charge on any atom is 0.417 e. The Morgan fingerprint density at radius 2 is 2.07 bits per heavy atom. The van der Waals surface area contributed by atoms with Crippen LogP contribution < -0.4 is 5.32 Å². The maximum atomic E-state index is 12.5. The summed E-state index contributed by atoms with van der Waals surface area (Å²) < 4.78 is 41.6. The van der Waals surface area contributed by atoms with Crippen LogP contribution in [0.15, 0.2) is 0 Å². The van der Waals surface area contributed by atoms with Crippen LogP contribution in [0.2, 0.25) is 0 Å². The third-order valence-electron chi connectivity index (χ3n) is 2.17. The molecule has 0 aromatic heterocycles. The standard InChI is InChI=1S/C7H10F3NO2.ClH/c1-13-5(12)6(7(8,9)10)3-2-4-11-6;/h11H,2-4H2,1H3;1H. The lowest BCUT2D eigenvalue weighted by molar-refractivity contribution is -0.208. The molecule has 0 radical (unpaired) electrons. The number of hydrogen-bond donors (Lipinski definition) is 1. The Morgan fingerprint density at radius 1 is 1.50 bits per heavy atom. The first-order chi connectivity index (χ1) is 5.94. The van der Waals surface area contributed by atoms with Crippen LogP contribution >= 0.6 is 12.4 Å². The second kappa shape index (κ2) is 4.35. The fourth-order valence-electron chi connectivity index (χ4n) is 1.45. The Hall–Kier alpha value is -0.490. The Bertz CT molecular complexity index is 213. The number of ether oxygens (including phenoxy) is 1. The van der Waals surface area contributed by atoms with Crippen molar-refractivity contribution in [1.29, 1.82) is 0 Å². The molecule has 1 N–H and O–H groups in total. The molecule has 0 spiro atoms. The minimum Gasteiger partial charge on any atom is -0.467 e. The van der Waals surface area contributed by atoms with Crippen LogP contribution in [0.25, 0.3) is 0 Å². The quantitative estimate of drug-likeness (QED) is 0.693. The molecule has 14 heavy (non-hydrogen) atoms. The fourth-order valence-corrected chi connectivity index (χ4v) is 1.45. The van der Waals surface area contributed by atoms with Gasteiger partial charge in [0.15, 0.2) is 0 Å². The van der Waals surface area contributed by atoms with Crippen molar-refractivity contribution in [3.05, 3.63) is 0 Å². The van der Waals surface area contributed by atoms with Crippen LogP contribution in [0, 0.1) is 0 Å². The topological polar surface area (TPSA) is 38.3 Å². The van der Waals surface area contributed by atoms with Gasteiger partial charge in [0.25, 0.3) is 0 Å². The summed E-state index contributed by atoms with van der Waals surface area (Å²) in [5, 5.41) is 2.16. The first-order valence-corrected chi connectivity index (χ1v) is 3.84. The molecule has 0 aromatic rings. The number of alkyl halides is 3. The Labute approximate surface area is 85.4 Å². The van der Waals surface area contributed by atoms with Gasteiger partial charge in [-0.1, -0.05) is 0 Å². The predicted octanol–water partition coefficient (Wildman–Crippen LogP) is 1.27. The summed E-state index contributed by atoms with van der Waals surface area (Å²) >= 11 is 0. The summed E-state index contributed by atoms with van der Waals surface area (Å²) in [6, 6.07) is 0. The van der Waals surface area contributed by atoms with Gasteiger partial charge >= 0.3 is 12.1 Å². The molecule has 84 valence electrons. The van der Waals surface area contributed by atoms with Crippen molar-refractivity contribution in [2.24, 2.45) is 0 Å². The summed E-state index contributed by atoms with van der Waals surface area (Å²) in [6.07, 6.45) is -4.51. The summed E-state index contributed by atoms with van der Waals surface area (Å²) in [4.78, 5) is 11.0. The van der Waals surface area contributed by atoms with Gasteiger partial charge in [0.2, 0.25) is 5.54 Å². The summed E-state index contributed by atoms with van der Waals surface area (Å²) in [6.45, 7) is 0.189. The molecule has 1 aliphatic rings. The highest BCUT2D eigenvalue weighted by Crippen LogP contribution is 2.37. The van der Waals surface area contributed by atoms with E-state index in [1.807, 2.05) is 0 Å². The lowest BCUT2D eigenvalue weighted by atomic mass is 9.97. The second-order valence-corrected chi connectivity index (χ2v) is 2.93. The minimum atomic E-state index is -4.59. The first kappa shape index (κ1) is 13.5. The second-order valence-electron chi connectivity index (χ2n) is 2.93. The maximum absolute atomic E-state index is 12.5. The average Bonchev–Trinajstić information content (AvgIpc) is 2.50. The van der Waals surface area contributed by atoms with Gasteiger partial charge in [-0.05, 0) is 19.4 Å². The lowest BCUT2D eigenvalue weighted by Crippen LogP contribution is -2.59. The van der Waals surface area contributed by atoms with Gasteiger partial charge in [-0.2, -0.15) is 13.2 Å². The Morgan fingerprint density at radius 3 is 2.36 bits per heavy atom. The normalized spacial score (nSPS) is 26.9. The highest BCUT2D eigenvalue weighted by atomic mass is 35.5. The number of nitrogens with one attached hydrogen (secondary N) is 1. The number of carbonyl (C=O) groups excluding carboxylic acids is 1. The van der Waals surface area contributed by atoms with Gasteiger partial charge in [0, 0.05) is 0 Å². The number of rotatable bonds is 1. The fraction of sp³-hybridized carbons (Fsp3) is 0.857. The third-order valence-corrected chi connectivity index (χ3v) is 2.17. The summed E-state index contributed by atoms with van der Waals surface area (Å²) in [5.41, 5.74) is -2.47. The van der Waals surface area contributed by atoms with Gasteiger partial charge in [-0.25, -0.2) is 4.79 Å². The van der Waals surface area contributed by atoms with Crippen molar-refractivity contribution in [2.75, 3.05) is 13.7 Å². The van der Waals surface area contributed by atoms with E-state index in [1.54, 1.807) is 0 Å². The molecule has 7 heteroatoms. The van der Waals surface area contributed by atoms with E-state index in [9.17, 15) is 18.0 Å². The van der Waals surface area contributed by atoms with E-state index in [2.05, 4.69) is 10.1 Å². The van der Waals surface area contributed by atoms with Gasteiger partial charge in [0.1, 0.15) is 0 Å². The van der Waals surface area contributed by atoms with Crippen molar-refractivity contribution in [3.8, 4) is 0 Å². The number of halogens is 4. The molecule has 1 aliphatic heterocycles. The molecule has 1 heterocycles. The van der Waals surface area contributed by atoms with Crippen molar-refractivity contribution in [2.45, 2.75) is 24.6 Å². The van der Waals surface area contributed by atoms with Crippen LogP contribution in [0.3, 0.4) is 0 Å². The molecule has 0 saturated carbocycles. The number of esters is 1. The van der Waals surface area contributed by atoms with E-state index in [0.29, 0.717) is 6.42 Å². The van der Waals surface area contributed by atoms with Crippen molar-refractivity contribution in [1.82, 2.24) is 5.32 Å². The zero-order chi connectivity index (χ0) is 10.1. The van der Waals surface area contributed by atoms with Gasteiger partial charge in [-0.15, -0.1) is 12.4 Å². The molecule has 0 amide bonds. The van der Waals surface area contributed by atoms with Gasteiger partial charge < -0.3 is 4.74 Å². The molecular weight excluding hydrogens is 223 g/mol. The van der Waals surface area contributed by atoms with Crippen molar-refractivity contribution >= 4 is 18.4 Å². The zero-order valence-corrected chi connectivity index (χ0v) is 8.30. The monoisotopic (exact) mass is 233 g/mol. The molecule has 1 rings (SSSR count). The number of hydrogen-bond acceptors (Lipinski definition) is 3. The van der Waals surface area contributed by atoms with Gasteiger partial charge in [0.05, 0.1) is 7.11 Å². The molecule has 3 nitrogen and oxygen atoms in total. The molecule has 0 bridgehead atoms. The van der Waals surface area contributed by atoms with Crippen molar-refractivity contribution < 1.29 is 22.7 Å². The van der Waals surface area contributed by atoms with E-state index >= 15 is 0 Å². The SMILES string of the molecule is COC(=O)C1(C(F)(F)F)CCCN1.Cl. The smallest absolute Gasteiger partial charge is 0.417 e. The highest BCUT2D eigenvalue weighted by Gasteiger charge is 2.62. The van der Waals surface area contributed by atoms with Crippen LogP contribution in [-0.2, 0) is 9.53 Å². The van der Waals surface area contributed by atoms with E-state index in [1.165, 1.54) is 0 Å². The van der Waals surface area contributed by atoms with Crippen LogP contribution in [0.1, 0.15) is 12.8 Å². The molecule has 0 aliphatic carbocycles. The summed E-state index contributed by atoms with van der Waals surface area (Å²) in [5.74, 6) is -1.25. The molecule has 0 aromatic carbocycles. The highest BCUT2D eigenvalue weighted by molar-refractivity contribution is 5.85. The van der Waals surface area contributed by atoms with Crippen molar-refractivity contribution in [3.63, 3.8) is 0 Å². The largest absolute Gasteiger partial charge is 0.467 e. The van der Waals surface area contributed by atoms with E-state index in [0.717, 1.165) is 7.11 Å². The first-order valence-electron chi connectivity index (χ1n) is 3.84. The van der Waals surface area contributed by atoms with E-state index < -0.39 is 17.7 Å². The number of carbonyl (C=O) groups is 1. The van der Waals surface area contributed by atoms with Crippen LogP contribution in [0.5, 0.6) is 0 Å². The van der Waals surface area contributed by atoms with E-state index in [-0.39, 0.29) is 25.4 Å². The summed E-state index contributed by atoms with van der Waals surface area (Å²) in [7, 11) is 0.954. The number of methoxy groups -OCH3 is 1. The van der Waals surface area contributed by atoms with Crippen LogP contribution in [0.4, 0.5) is 13.2 Å².